The highest BCUT2D eigenvalue weighted by molar-refractivity contribution is 9.26. The molecule has 2 rings (SSSR count). The minimum Gasteiger partial charge on any atom is -0.0719 e. The first-order valence-electron chi connectivity index (χ1n) is 4.82. The molecule has 0 aromatic heterocycles. The molecule has 0 bridgehead atoms. The number of rotatable bonds is 0. The Bertz CT molecular complexity index is 348. The molecule has 0 N–H and O–H groups in total. The first-order valence-corrected chi connectivity index (χ1v) is 8.00. The van der Waals surface area contributed by atoms with Crippen LogP contribution in [-0.4, -0.2) is 6.47 Å². The third-order valence-electron chi connectivity index (χ3n) is 3.17. The molecule has 0 aromatic carbocycles. The SMILES string of the molecule is CC1(C)CC(Br)(Br)C2C1=CC=CC2(Br)Br. The second-order valence-corrected chi connectivity index (χ2v) is 12.5. The van der Waals surface area contributed by atoms with Crippen LogP contribution < -0.4 is 0 Å². The summed E-state index contributed by atoms with van der Waals surface area (Å²) in [6, 6.07) is 0. The van der Waals surface area contributed by atoms with E-state index in [-0.39, 0.29) is 11.9 Å². The van der Waals surface area contributed by atoms with Gasteiger partial charge in [-0.3, -0.25) is 0 Å². The summed E-state index contributed by atoms with van der Waals surface area (Å²) >= 11 is 15.1. The van der Waals surface area contributed by atoms with Gasteiger partial charge in [-0.05, 0) is 11.8 Å². The van der Waals surface area contributed by atoms with E-state index in [1.165, 1.54) is 5.57 Å². The maximum atomic E-state index is 3.82. The van der Waals surface area contributed by atoms with Crippen molar-refractivity contribution >= 4 is 63.7 Å². The van der Waals surface area contributed by atoms with E-state index >= 15 is 0 Å². The van der Waals surface area contributed by atoms with E-state index in [4.69, 9.17) is 0 Å². The summed E-state index contributed by atoms with van der Waals surface area (Å²) in [5, 5.41) is 0. The minimum absolute atomic E-state index is 0.0346. The zero-order chi connectivity index (χ0) is 11.5. The van der Waals surface area contributed by atoms with Crippen LogP contribution in [0.25, 0.3) is 0 Å². The highest BCUT2D eigenvalue weighted by atomic mass is 79.9. The van der Waals surface area contributed by atoms with E-state index in [0.717, 1.165) is 6.42 Å². The lowest BCUT2D eigenvalue weighted by atomic mass is 9.82. The first-order chi connectivity index (χ1) is 6.67. The summed E-state index contributed by atoms with van der Waals surface area (Å²) in [6.07, 6.45) is 7.60. The zero-order valence-corrected chi connectivity index (χ0v) is 14.9. The predicted molar refractivity (Wildman–Crippen MR) is 80.3 cm³/mol. The van der Waals surface area contributed by atoms with Crippen LogP contribution in [0.3, 0.4) is 0 Å². The number of hydrogen-bond donors (Lipinski definition) is 0. The summed E-state index contributed by atoms with van der Waals surface area (Å²) in [5.74, 6) is 0.380. The van der Waals surface area contributed by atoms with Crippen molar-refractivity contribution in [1.82, 2.24) is 0 Å². The lowest BCUT2D eigenvalue weighted by Crippen LogP contribution is -2.34. The molecule has 0 nitrogen and oxygen atoms in total. The van der Waals surface area contributed by atoms with Crippen molar-refractivity contribution in [3.05, 3.63) is 23.8 Å². The Morgan fingerprint density at radius 3 is 2.33 bits per heavy atom. The Morgan fingerprint density at radius 1 is 1.20 bits per heavy atom. The largest absolute Gasteiger partial charge is 0.107 e. The van der Waals surface area contributed by atoms with Gasteiger partial charge in [-0.2, -0.15) is 0 Å². The lowest BCUT2D eigenvalue weighted by molar-refractivity contribution is 0.460. The molecular weight excluding hydrogens is 452 g/mol. The molecule has 0 radical (unpaired) electrons. The van der Waals surface area contributed by atoms with Gasteiger partial charge in [0.2, 0.25) is 0 Å². The highest BCUT2D eigenvalue weighted by Crippen LogP contribution is 2.65. The molecule has 1 saturated carbocycles. The van der Waals surface area contributed by atoms with Crippen LogP contribution in [0, 0.1) is 11.3 Å². The molecule has 0 amide bonds. The topological polar surface area (TPSA) is 0 Å². The molecule has 1 atom stereocenters. The summed E-state index contributed by atoms with van der Waals surface area (Å²) < 4.78 is -0.183. The number of hydrogen-bond acceptors (Lipinski definition) is 0. The van der Waals surface area contributed by atoms with Gasteiger partial charge in [-0.1, -0.05) is 101 Å². The summed E-state index contributed by atoms with van der Waals surface area (Å²) in [7, 11) is 0. The van der Waals surface area contributed by atoms with E-state index in [9.17, 15) is 0 Å². The lowest BCUT2D eigenvalue weighted by Gasteiger charge is -2.35. The van der Waals surface area contributed by atoms with Gasteiger partial charge in [0.1, 0.15) is 3.23 Å². The van der Waals surface area contributed by atoms with Crippen LogP contribution in [0.15, 0.2) is 23.8 Å². The van der Waals surface area contributed by atoms with E-state index in [2.05, 4.69) is 95.8 Å². The molecule has 15 heavy (non-hydrogen) atoms. The molecule has 1 unspecified atom stereocenters. The Hall–Kier alpha value is 1.40. The third kappa shape index (κ3) is 2.09. The molecule has 0 spiro atoms. The highest BCUT2D eigenvalue weighted by Gasteiger charge is 2.58. The molecule has 0 saturated heterocycles. The molecule has 0 aliphatic heterocycles. The monoisotopic (exact) mass is 460 g/mol. The van der Waals surface area contributed by atoms with Crippen molar-refractivity contribution in [2.75, 3.05) is 0 Å². The molecular formula is C11H12Br4. The average molecular weight is 464 g/mol. The average Bonchev–Trinajstić information content (AvgIpc) is 2.16. The molecule has 2 aliphatic carbocycles. The Balaban J connectivity index is 2.54. The molecule has 84 valence electrons. The van der Waals surface area contributed by atoms with Crippen molar-refractivity contribution in [1.29, 1.82) is 0 Å². The standard InChI is InChI=1S/C11H12Br4/c1-9(2)6-11(14,15)8-7(9)4-3-5-10(8,12)13/h3-5,8H,6H2,1-2H3. The van der Waals surface area contributed by atoms with E-state index in [0.29, 0.717) is 5.92 Å². The van der Waals surface area contributed by atoms with Crippen LogP contribution in [0.1, 0.15) is 20.3 Å². The van der Waals surface area contributed by atoms with E-state index < -0.39 is 0 Å². The number of fused-ring (bicyclic) bond motifs is 1. The molecule has 1 fully saturated rings. The van der Waals surface area contributed by atoms with Gasteiger partial charge in [0.15, 0.2) is 0 Å². The molecule has 0 heterocycles. The molecule has 0 aromatic rings. The fourth-order valence-corrected chi connectivity index (χ4v) is 8.02. The Kier molecular flexibility index (Phi) is 3.16. The quantitative estimate of drug-likeness (QED) is 0.416. The van der Waals surface area contributed by atoms with Crippen molar-refractivity contribution in [3.8, 4) is 0 Å². The number of allylic oxidation sites excluding steroid dienone is 4. The Labute approximate surface area is 124 Å². The van der Waals surface area contributed by atoms with Gasteiger partial charge >= 0.3 is 0 Å². The van der Waals surface area contributed by atoms with Gasteiger partial charge < -0.3 is 0 Å². The normalized spacial score (nSPS) is 34.8. The molecule has 4 heteroatoms. The van der Waals surface area contributed by atoms with Gasteiger partial charge in [0, 0.05) is 5.92 Å². The second-order valence-electron chi connectivity index (χ2n) is 4.91. The Morgan fingerprint density at radius 2 is 1.80 bits per heavy atom. The van der Waals surface area contributed by atoms with Gasteiger partial charge in [0.25, 0.3) is 0 Å². The number of halogens is 4. The van der Waals surface area contributed by atoms with Crippen LogP contribution in [0.4, 0.5) is 0 Å². The predicted octanol–water partition coefficient (Wildman–Crippen LogP) is 5.50. The zero-order valence-electron chi connectivity index (χ0n) is 8.53. The second kappa shape index (κ2) is 3.69. The van der Waals surface area contributed by atoms with E-state index in [1.54, 1.807) is 0 Å². The fraction of sp³-hybridized carbons (Fsp3) is 0.636. The minimum atomic E-state index is -0.148. The van der Waals surface area contributed by atoms with Crippen molar-refractivity contribution in [2.24, 2.45) is 11.3 Å². The van der Waals surface area contributed by atoms with Crippen LogP contribution in [0.5, 0.6) is 0 Å². The summed E-state index contributed by atoms with van der Waals surface area (Å²) in [6.45, 7) is 4.59. The molecule has 2 aliphatic rings. The maximum absolute atomic E-state index is 3.82. The van der Waals surface area contributed by atoms with Gasteiger partial charge in [0.05, 0.1) is 3.23 Å². The van der Waals surface area contributed by atoms with Crippen molar-refractivity contribution in [3.63, 3.8) is 0 Å². The number of alkyl halides is 4. The van der Waals surface area contributed by atoms with E-state index in [1.807, 2.05) is 0 Å². The van der Waals surface area contributed by atoms with Crippen LogP contribution in [0.2, 0.25) is 0 Å². The van der Waals surface area contributed by atoms with Gasteiger partial charge in [-0.25, -0.2) is 0 Å². The third-order valence-corrected chi connectivity index (χ3v) is 6.09. The van der Waals surface area contributed by atoms with Gasteiger partial charge in [-0.15, -0.1) is 0 Å². The summed E-state index contributed by atoms with van der Waals surface area (Å²) in [4.78, 5) is 0. The van der Waals surface area contributed by atoms with Crippen molar-refractivity contribution in [2.45, 2.75) is 26.7 Å². The first kappa shape index (κ1) is 12.8. The van der Waals surface area contributed by atoms with Crippen LogP contribution >= 0.6 is 63.7 Å². The van der Waals surface area contributed by atoms with Crippen molar-refractivity contribution < 1.29 is 0 Å². The summed E-state index contributed by atoms with van der Waals surface area (Å²) in [5.41, 5.74) is 1.71. The van der Waals surface area contributed by atoms with Crippen LogP contribution in [-0.2, 0) is 0 Å². The fourth-order valence-electron chi connectivity index (χ4n) is 2.60. The smallest absolute Gasteiger partial charge is 0.0719 e. The maximum Gasteiger partial charge on any atom is 0.107 e.